The number of thiocarbonyl (C=S) groups is 1. The molecule has 0 saturated carbocycles. The Balaban J connectivity index is 3.09. The van der Waals surface area contributed by atoms with Crippen LogP contribution in [0, 0.1) is 0 Å². The Hall–Kier alpha value is -1.41. The van der Waals surface area contributed by atoms with Gasteiger partial charge in [0.05, 0.1) is 18.5 Å². The molecule has 1 rings (SSSR count). The first kappa shape index (κ1) is 14.7. The molecule has 0 aliphatic heterocycles. The van der Waals surface area contributed by atoms with Crippen molar-refractivity contribution in [2.24, 2.45) is 5.73 Å². The molecule has 0 unspecified atom stereocenters. The van der Waals surface area contributed by atoms with Gasteiger partial charge in [-0.3, -0.25) is 4.98 Å². The van der Waals surface area contributed by atoms with Gasteiger partial charge in [-0.1, -0.05) is 12.2 Å². The van der Waals surface area contributed by atoms with Crippen LogP contribution in [0.1, 0.15) is 5.56 Å². The van der Waals surface area contributed by atoms with Crippen molar-refractivity contribution >= 4 is 22.9 Å². The summed E-state index contributed by atoms with van der Waals surface area (Å²) in [6.07, 6.45) is -1.75. The van der Waals surface area contributed by atoms with E-state index in [9.17, 15) is 13.2 Å². The number of hydrogen-bond acceptors (Lipinski definition) is 4. The van der Waals surface area contributed by atoms with Crippen molar-refractivity contribution in [1.82, 2.24) is 4.98 Å². The van der Waals surface area contributed by atoms with E-state index in [4.69, 9.17) is 23.1 Å². The molecule has 0 aromatic carbocycles. The molecule has 8 heteroatoms. The van der Waals surface area contributed by atoms with Crippen molar-refractivity contribution in [3.63, 3.8) is 0 Å². The first-order valence-corrected chi connectivity index (χ1v) is 5.42. The SMILES string of the molecule is NC(=S)c1ccncc1N(CCO)CC(F)(F)F. The van der Waals surface area contributed by atoms with Crippen molar-refractivity contribution < 1.29 is 18.3 Å². The highest BCUT2D eigenvalue weighted by molar-refractivity contribution is 7.80. The monoisotopic (exact) mass is 279 g/mol. The highest BCUT2D eigenvalue weighted by Gasteiger charge is 2.31. The van der Waals surface area contributed by atoms with E-state index in [-0.39, 0.29) is 17.2 Å². The quantitative estimate of drug-likeness (QED) is 0.790. The van der Waals surface area contributed by atoms with Crippen LogP contribution in [0.5, 0.6) is 0 Å². The van der Waals surface area contributed by atoms with Gasteiger partial charge in [-0.05, 0) is 6.07 Å². The molecule has 100 valence electrons. The van der Waals surface area contributed by atoms with Gasteiger partial charge in [-0.15, -0.1) is 0 Å². The number of nitrogens with two attached hydrogens (primary N) is 1. The topological polar surface area (TPSA) is 62.4 Å². The minimum atomic E-state index is -4.39. The minimum absolute atomic E-state index is 0.0162. The van der Waals surface area contributed by atoms with E-state index < -0.39 is 19.3 Å². The van der Waals surface area contributed by atoms with Crippen molar-refractivity contribution in [3.05, 3.63) is 24.0 Å². The maximum Gasteiger partial charge on any atom is 0.405 e. The predicted octanol–water partition coefficient (Wildman–Crippen LogP) is 1.08. The van der Waals surface area contributed by atoms with Gasteiger partial charge in [-0.25, -0.2) is 0 Å². The van der Waals surface area contributed by atoms with E-state index in [0.717, 1.165) is 4.90 Å². The highest BCUT2D eigenvalue weighted by atomic mass is 32.1. The summed E-state index contributed by atoms with van der Waals surface area (Å²) in [5.41, 5.74) is 5.91. The van der Waals surface area contributed by atoms with Gasteiger partial charge in [0.15, 0.2) is 0 Å². The zero-order chi connectivity index (χ0) is 13.8. The number of rotatable bonds is 5. The summed E-state index contributed by atoms with van der Waals surface area (Å²) in [7, 11) is 0. The lowest BCUT2D eigenvalue weighted by atomic mass is 10.2. The van der Waals surface area contributed by atoms with Gasteiger partial charge in [0.25, 0.3) is 0 Å². The largest absolute Gasteiger partial charge is 0.405 e. The number of aliphatic hydroxyl groups excluding tert-OH is 1. The molecule has 1 heterocycles. The molecule has 0 saturated heterocycles. The van der Waals surface area contributed by atoms with E-state index in [1.165, 1.54) is 18.5 Å². The summed E-state index contributed by atoms with van der Waals surface area (Å²) in [5, 5.41) is 8.83. The molecule has 0 radical (unpaired) electrons. The maximum atomic E-state index is 12.4. The van der Waals surface area contributed by atoms with Gasteiger partial charge in [0, 0.05) is 18.3 Å². The Kier molecular flexibility index (Phi) is 4.85. The van der Waals surface area contributed by atoms with Gasteiger partial charge in [0.1, 0.15) is 11.5 Å². The minimum Gasteiger partial charge on any atom is -0.395 e. The number of anilines is 1. The van der Waals surface area contributed by atoms with Crippen LogP contribution in [-0.2, 0) is 0 Å². The lowest BCUT2D eigenvalue weighted by Crippen LogP contribution is -2.37. The average Bonchev–Trinajstić information content (AvgIpc) is 2.26. The Morgan fingerprint density at radius 2 is 2.17 bits per heavy atom. The van der Waals surface area contributed by atoms with Crippen LogP contribution in [0.3, 0.4) is 0 Å². The standard InChI is InChI=1S/C10H12F3N3OS/c11-10(12,13)6-16(3-4-17)8-5-15-2-1-7(8)9(14)18/h1-2,5,17H,3-4,6H2,(H2,14,18). The van der Waals surface area contributed by atoms with Crippen LogP contribution in [-0.4, -0.2) is 41.0 Å². The average molecular weight is 279 g/mol. The molecular weight excluding hydrogens is 267 g/mol. The Morgan fingerprint density at radius 1 is 1.50 bits per heavy atom. The number of pyridine rings is 1. The lowest BCUT2D eigenvalue weighted by Gasteiger charge is -2.26. The third-order valence-electron chi connectivity index (χ3n) is 2.15. The fraction of sp³-hybridized carbons (Fsp3) is 0.400. The van der Waals surface area contributed by atoms with Crippen molar-refractivity contribution in [1.29, 1.82) is 0 Å². The van der Waals surface area contributed by atoms with Crippen LogP contribution in [0.4, 0.5) is 18.9 Å². The van der Waals surface area contributed by atoms with Gasteiger partial charge in [-0.2, -0.15) is 13.2 Å². The van der Waals surface area contributed by atoms with Crippen LogP contribution in [0.25, 0.3) is 0 Å². The van der Waals surface area contributed by atoms with E-state index in [0.29, 0.717) is 5.56 Å². The fourth-order valence-electron chi connectivity index (χ4n) is 1.47. The zero-order valence-corrected chi connectivity index (χ0v) is 10.1. The lowest BCUT2D eigenvalue weighted by molar-refractivity contribution is -0.119. The van der Waals surface area contributed by atoms with Crippen LogP contribution < -0.4 is 10.6 Å². The van der Waals surface area contributed by atoms with Crippen molar-refractivity contribution in [2.75, 3.05) is 24.6 Å². The smallest absolute Gasteiger partial charge is 0.395 e. The molecule has 3 N–H and O–H groups in total. The van der Waals surface area contributed by atoms with Gasteiger partial charge in [0.2, 0.25) is 0 Å². The molecule has 4 nitrogen and oxygen atoms in total. The van der Waals surface area contributed by atoms with E-state index in [1.54, 1.807) is 0 Å². The molecule has 18 heavy (non-hydrogen) atoms. The van der Waals surface area contributed by atoms with Crippen molar-refractivity contribution in [3.8, 4) is 0 Å². The number of aliphatic hydroxyl groups is 1. The third kappa shape index (κ3) is 4.11. The second-order valence-corrected chi connectivity index (χ2v) is 3.96. The molecule has 0 spiro atoms. The van der Waals surface area contributed by atoms with E-state index >= 15 is 0 Å². The molecule has 1 aromatic rings. The summed E-state index contributed by atoms with van der Waals surface area (Å²) in [6, 6.07) is 1.44. The van der Waals surface area contributed by atoms with E-state index in [1.807, 2.05) is 0 Å². The summed E-state index contributed by atoms with van der Waals surface area (Å²) < 4.78 is 37.3. The fourth-order valence-corrected chi connectivity index (χ4v) is 1.64. The molecule has 0 fully saturated rings. The summed E-state index contributed by atoms with van der Waals surface area (Å²) >= 11 is 4.77. The van der Waals surface area contributed by atoms with Crippen molar-refractivity contribution in [2.45, 2.75) is 6.18 Å². The second kappa shape index (κ2) is 5.96. The molecular formula is C10H12F3N3OS. The zero-order valence-electron chi connectivity index (χ0n) is 9.31. The van der Waals surface area contributed by atoms with Gasteiger partial charge >= 0.3 is 6.18 Å². The first-order chi connectivity index (χ1) is 8.35. The van der Waals surface area contributed by atoms with Crippen LogP contribution in [0.15, 0.2) is 18.5 Å². The Morgan fingerprint density at radius 3 is 2.67 bits per heavy atom. The molecule has 0 bridgehead atoms. The van der Waals surface area contributed by atoms with Gasteiger partial charge < -0.3 is 15.7 Å². The Bertz CT molecular complexity index is 425. The molecule has 0 aliphatic carbocycles. The number of nitrogens with zero attached hydrogens (tertiary/aromatic N) is 2. The highest BCUT2D eigenvalue weighted by Crippen LogP contribution is 2.24. The number of aromatic nitrogens is 1. The summed E-state index contributed by atoms with van der Waals surface area (Å²) in [6.45, 7) is -1.79. The molecule has 0 atom stereocenters. The molecule has 0 amide bonds. The normalized spacial score (nSPS) is 11.3. The summed E-state index contributed by atoms with van der Waals surface area (Å²) in [4.78, 5) is 4.68. The molecule has 1 aromatic heterocycles. The predicted molar refractivity (Wildman–Crippen MR) is 65.5 cm³/mol. The number of alkyl halides is 3. The number of halogens is 3. The van der Waals surface area contributed by atoms with E-state index in [2.05, 4.69) is 4.98 Å². The second-order valence-electron chi connectivity index (χ2n) is 3.52. The first-order valence-electron chi connectivity index (χ1n) is 5.01. The Labute approximate surface area is 107 Å². The maximum absolute atomic E-state index is 12.4. The number of hydrogen-bond donors (Lipinski definition) is 2. The third-order valence-corrected chi connectivity index (χ3v) is 2.37. The summed E-state index contributed by atoms with van der Waals surface area (Å²) in [5.74, 6) is 0. The van der Waals surface area contributed by atoms with Crippen LogP contribution in [0.2, 0.25) is 0 Å². The molecule has 0 aliphatic rings. The van der Waals surface area contributed by atoms with Crippen LogP contribution >= 0.6 is 12.2 Å².